The molecular weight excluding hydrogens is 619 g/mol. The SMILES string of the molecule is Cc1c[c]([Bi]([c]2ccccc2)[c]2ccccc2)cc(-c2c3ccc(C(C)C)cc3cc[n+]2C)c1C. The van der Waals surface area contributed by atoms with Gasteiger partial charge in [-0.2, -0.15) is 0 Å². The number of nitrogens with zero attached hydrogens (tertiary/aromatic N) is 1. The standard InChI is InChI=1S/C21H23N.2C6H5.Bi/c1-14(2)17-9-10-20-18(13-17)11-12-22(5)21(20)19-8-6-7-15(3)16(19)4;2*1-2-4-6-5-3-1;/h7-14H,1-5H3;2*1-5H;/q+1;;;. The molecule has 1 nitrogen and oxygen atoms in total. The van der Waals surface area contributed by atoms with Crippen LogP contribution in [0.3, 0.4) is 0 Å². The zero-order valence-electron chi connectivity index (χ0n) is 21.3. The summed E-state index contributed by atoms with van der Waals surface area (Å²) in [5.74, 6) is 0.524. The zero-order chi connectivity index (χ0) is 24.5. The number of pyridine rings is 1. The average molecular weight is 653 g/mol. The number of aromatic nitrogens is 1. The fourth-order valence-corrected chi connectivity index (χ4v) is 14.3. The predicted octanol–water partition coefficient (Wildman–Crippen LogP) is 5.59. The van der Waals surface area contributed by atoms with Gasteiger partial charge in [-0.1, -0.05) is 0 Å². The van der Waals surface area contributed by atoms with Gasteiger partial charge >= 0.3 is 219 Å². The van der Waals surface area contributed by atoms with Gasteiger partial charge in [-0.3, -0.25) is 0 Å². The topological polar surface area (TPSA) is 3.88 Å². The molecule has 0 aliphatic carbocycles. The Morgan fingerprint density at radius 3 is 1.91 bits per heavy atom. The van der Waals surface area contributed by atoms with Gasteiger partial charge in [-0.05, 0) is 0 Å². The maximum atomic E-state index is 2.52. The van der Waals surface area contributed by atoms with E-state index in [4.69, 9.17) is 0 Å². The molecule has 0 saturated heterocycles. The van der Waals surface area contributed by atoms with Gasteiger partial charge in [0.2, 0.25) is 0 Å². The van der Waals surface area contributed by atoms with Crippen LogP contribution in [-0.2, 0) is 7.05 Å². The van der Waals surface area contributed by atoms with Gasteiger partial charge in [0.15, 0.2) is 0 Å². The summed E-state index contributed by atoms with van der Waals surface area (Å²) < 4.78 is 6.88. The van der Waals surface area contributed by atoms with E-state index in [0.717, 1.165) is 0 Å². The summed E-state index contributed by atoms with van der Waals surface area (Å²) >= 11 is -2.46. The first-order chi connectivity index (χ1) is 16.9. The van der Waals surface area contributed by atoms with Gasteiger partial charge in [-0.25, -0.2) is 0 Å². The Hall–Kier alpha value is -2.83. The minimum absolute atomic E-state index is 0.524. The molecular formula is C33H33BiN+. The summed E-state index contributed by atoms with van der Waals surface area (Å²) in [6.07, 6.45) is 2.22. The van der Waals surface area contributed by atoms with E-state index < -0.39 is 21.8 Å². The summed E-state index contributed by atoms with van der Waals surface area (Å²) in [5, 5.41) is 2.64. The van der Waals surface area contributed by atoms with Gasteiger partial charge < -0.3 is 0 Å². The second-order valence-corrected chi connectivity index (χ2v) is 18.3. The predicted molar refractivity (Wildman–Crippen MR) is 152 cm³/mol. The first-order valence-electron chi connectivity index (χ1n) is 12.4. The van der Waals surface area contributed by atoms with Crippen LogP contribution >= 0.6 is 0 Å². The van der Waals surface area contributed by atoms with E-state index >= 15 is 0 Å². The van der Waals surface area contributed by atoms with Gasteiger partial charge in [0, 0.05) is 0 Å². The molecule has 4 aromatic carbocycles. The molecule has 0 spiro atoms. The van der Waals surface area contributed by atoms with Crippen LogP contribution < -0.4 is 14.4 Å². The van der Waals surface area contributed by atoms with Crippen LogP contribution in [0.15, 0.2) is 103 Å². The molecule has 0 N–H and O–H groups in total. The van der Waals surface area contributed by atoms with Crippen molar-refractivity contribution in [1.82, 2.24) is 0 Å². The molecule has 0 bridgehead atoms. The van der Waals surface area contributed by atoms with Crippen LogP contribution in [0.5, 0.6) is 0 Å². The number of aryl methyl sites for hydroxylation is 2. The third kappa shape index (κ3) is 4.69. The summed E-state index contributed by atoms with van der Waals surface area (Å²) in [4.78, 5) is 0. The Balaban J connectivity index is 1.76. The molecule has 1 aromatic heterocycles. The normalized spacial score (nSPS) is 11.5. The molecule has 0 fully saturated rings. The minimum atomic E-state index is -2.46. The van der Waals surface area contributed by atoms with Gasteiger partial charge in [0.25, 0.3) is 0 Å². The second kappa shape index (κ2) is 10.0. The third-order valence-corrected chi connectivity index (χ3v) is 16.4. The molecule has 0 aliphatic heterocycles. The number of hydrogen-bond acceptors (Lipinski definition) is 0. The van der Waals surface area contributed by atoms with Crippen LogP contribution in [0.25, 0.3) is 22.0 Å². The van der Waals surface area contributed by atoms with Crippen molar-refractivity contribution in [1.29, 1.82) is 0 Å². The van der Waals surface area contributed by atoms with E-state index in [-0.39, 0.29) is 0 Å². The van der Waals surface area contributed by atoms with Crippen molar-refractivity contribution in [3.8, 4) is 11.3 Å². The summed E-state index contributed by atoms with van der Waals surface area (Å²) in [5.41, 5.74) is 6.81. The summed E-state index contributed by atoms with van der Waals surface area (Å²) in [6, 6.07) is 36.6. The monoisotopic (exact) mass is 652 g/mol. The van der Waals surface area contributed by atoms with Crippen molar-refractivity contribution in [3.63, 3.8) is 0 Å². The van der Waals surface area contributed by atoms with Crippen LogP contribution in [0.1, 0.15) is 36.5 Å². The number of benzene rings is 4. The Bertz CT molecular complexity index is 1450. The van der Waals surface area contributed by atoms with Crippen molar-refractivity contribution in [3.05, 3.63) is 120 Å². The van der Waals surface area contributed by atoms with Crippen LogP contribution in [0, 0.1) is 13.8 Å². The molecule has 174 valence electrons. The van der Waals surface area contributed by atoms with Crippen LogP contribution in [0.4, 0.5) is 0 Å². The molecule has 5 rings (SSSR count). The average Bonchev–Trinajstić information content (AvgIpc) is 2.87. The van der Waals surface area contributed by atoms with E-state index in [1.165, 1.54) is 48.5 Å². The van der Waals surface area contributed by atoms with Crippen LogP contribution in [-0.4, -0.2) is 21.8 Å². The summed E-state index contributed by atoms with van der Waals surface area (Å²) in [6.45, 7) is 9.09. The third-order valence-electron chi connectivity index (χ3n) is 7.02. The van der Waals surface area contributed by atoms with Gasteiger partial charge in [-0.15, -0.1) is 0 Å². The van der Waals surface area contributed by atoms with E-state index in [1.807, 2.05) is 0 Å². The van der Waals surface area contributed by atoms with Gasteiger partial charge in [0.05, 0.1) is 0 Å². The Morgan fingerprint density at radius 1 is 0.686 bits per heavy atom. The summed E-state index contributed by atoms with van der Waals surface area (Å²) in [7, 11) is 2.18. The van der Waals surface area contributed by atoms with E-state index in [1.54, 1.807) is 0 Å². The van der Waals surface area contributed by atoms with E-state index in [0.29, 0.717) is 5.92 Å². The Morgan fingerprint density at radius 2 is 1.31 bits per heavy atom. The maximum absolute atomic E-state index is 2.52. The van der Waals surface area contributed by atoms with Crippen molar-refractivity contribution < 1.29 is 4.57 Å². The fourth-order valence-electron chi connectivity index (χ4n) is 4.90. The van der Waals surface area contributed by atoms with E-state index in [2.05, 4.69) is 143 Å². The number of fused-ring (bicyclic) bond motifs is 1. The molecule has 5 aromatic rings. The quantitative estimate of drug-likeness (QED) is 0.172. The Kier molecular flexibility index (Phi) is 6.85. The Labute approximate surface area is 217 Å². The second-order valence-electron chi connectivity index (χ2n) is 9.72. The van der Waals surface area contributed by atoms with Crippen molar-refractivity contribution in [2.75, 3.05) is 0 Å². The number of rotatable bonds is 5. The van der Waals surface area contributed by atoms with Crippen LogP contribution in [0.2, 0.25) is 0 Å². The molecule has 0 aliphatic rings. The first kappa shape index (κ1) is 23.9. The molecule has 0 unspecified atom stereocenters. The van der Waals surface area contributed by atoms with E-state index in [9.17, 15) is 0 Å². The molecule has 0 radical (unpaired) electrons. The molecule has 1 heterocycles. The molecule has 35 heavy (non-hydrogen) atoms. The molecule has 2 heteroatoms. The van der Waals surface area contributed by atoms with Crippen molar-refractivity contribution in [2.24, 2.45) is 7.05 Å². The zero-order valence-corrected chi connectivity index (χ0v) is 24.8. The van der Waals surface area contributed by atoms with Gasteiger partial charge in [0.1, 0.15) is 0 Å². The number of hydrogen-bond donors (Lipinski definition) is 0. The molecule has 0 amide bonds. The fraction of sp³-hybridized carbons (Fsp3) is 0.182. The first-order valence-corrected chi connectivity index (χ1v) is 17.6. The molecule has 0 atom stereocenters. The van der Waals surface area contributed by atoms with Crippen molar-refractivity contribution >= 4 is 42.3 Å². The van der Waals surface area contributed by atoms with Crippen molar-refractivity contribution in [2.45, 2.75) is 33.6 Å². The molecule has 0 saturated carbocycles.